The molecular weight excluding hydrogens is 325 g/mol. The quantitative estimate of drug-likeness (QED) is 0.743. The fraction of sp³-hybridized carbons (Fsp3) is 0.462. The first-order valence-electron chi connectivity index (χ1n) is 6.14. The molecule has 0 spiro atoms. The van der Waals surface area contributed by atoms with E-state index < -0.39 is 18.0 Å². The maximum absolute atomic E-state index is 13.2. The van der Waals surface area contributed by atoms with Gasteiger partial charge in [-0.25, -0.2) is 13.2 Å². The average Bonchev–Trinajstić information content (AvgIpc) is 2.35. The van der Waals surface area contributed by atoms with E-state index in [1.54, 1.807) is 6.92 Å². The van der Waals surface area contributed by atoms with Gasteiger partial charge in [0.15, 0.2) is 0 Å². The standard InChI is InChI=1S/C13H17F3N2OS.ClH/c1-8(17)2-5-13(19)18-10-6-9(14)3-4-11(10)20-7-12(15)16;/h3-4,6,8,12H,2,5,7,17H2,1H3,(H,18,19);1H. The highest BCUT2D eigenvalue weighted by molar-refractivity contribution is 7.99. The summed E-state index contributed by atoms with van der Waals surface area (Å²) in [4.78, 5) is 12.1. The predicted octanol–water partition coefficient (Wildman–Crippen LogP) is 3.67. The van der Waals surface area contributed by atoms with Crippen LogP contribution < -0.4 is 11.1 Å². The summed E-state index contributed by atoms with van der Waals surface area (Å²) in [6, 6.07) is 3.56. The molecule has 3 N–H and O–H groups in total. The fourth-order valence-corrected chi connectivity index (χ4v) is 2.19. The fourth-order valence-electron chi connectivity index (χ4n) is 1.45. The zero-order chi connectivity index (χ0) is 15.1. The van der Waals surface area contributed by atoms with E-state index in [0.717, 1.165) is 17.8 Å². The first kappa shape index (κ1) is 20.1. The van der Waals surface area contributed by atoms with Crippen molar-refractivity contribution in [3.63, 3.8) is 0 Å². The number of alkyl halides is 2. The normalized spacial score (nSPS) is 11.9. The SMILES string of the molecule is CC(N)CCC(=O)Nc1cc(F)ccc1SCC(F)F.Cl. The molecule has 1 rings (SSSR count). The zero-order valence-corrected chi connectivity index (χ0v) is 13.1. The zero-order valence-electron chi connectivity index (χ0n) is 11.4. The number of nitrogens with one attached hydrogen (secondary N) is 1. The summed E-state index contributed by atoms with van der Waals surface area (Å²) in [6.07, 6.45) is -1.76. The summed E-state index contributed by atoms with van der Waals surface area (Å²) >= 11 is 0.874. The lowest BCUT2D eigenvalue weighted by molar-refractivity contribution is -0.116. The van der Waals surface area contributed by atoms with Crippen LogP contribution in [0.2, 0.25) is 0 Å². The van der Waals surface area contributed by atoms with Crippen LogP contribution in [0.5, 0.6) is 0 Å². The van der Waals surface area contributed by atoms with Crippen LogP contribution >= 0.6 is 24.2 Å². The minimum Gasteiger partial charge on any atom is -0.328 e. The second-order valence-electron chi connectivity index (χ2n) is 4.41. The van der Waals surface area contributed by atoms with Gasteiger partial charge in [0, 0.05) is 17.4 Å². The van der Waals surface area contributed by atoms with Gasteiger partial charge in [0.25, 0.3) is 0 Å². The van der Waals surface area contributed by atoms with E-state index >= 15 is 0 Å². The monoisotopic (exact) mass is 342 g/mol. The largest absolute Gasteiger partial charge is 0.328 e. The lowest BCUT2D eigenvalue weighted by atomic mass is 10.2. The van der Waals surface area contributed by atoms with E-state index in [1.165, 1.54) is 12.1 Å². The van der Waals surface area contributed by atoms with E-state index in [1.807, 2.05) is 0 Å². The van der Waals surface area contributed by atoms with Crippen molar-refractivity contribution in [2.24, 2.45) is 5.73 Å². The average molecular weight is 343 g/mol. The molecule has 1 atom stereocenters. The van der Waals surface area contributed by atoms with E-state index in [0.29, 0.717) is 11.3 Å². The van der Waals surface area contributed by atoms with Gasteiger partial charge in [-0.05, 0) is 31.5 Å². The molecule has 0 saturated heterocycles. The van der Waals surface area contributed by atoms with Crippen molar-refractivity contribution in [1.29, 1.82) is 0 Å². The molecule has 0 saturated carbocycles. The molecule has 0 aliphatic rings. The highest BCUT2D eigenvalue weighted by atomic mass is 35.5. The van der Waals surface area contributed by atoms with Crippen molar-refractivity contribution in [3.05, 3.63) is 24.0 Å². The third-order valence-corrected chi connectivity index (χ3v) is 3.49. The van der Waals surface area contributed by atoms with Gasteiger partial charge >= 0.3 is 0 Å². The van der Waals surface area contributed by atoms with Crippen molar-refractivity contribution in [2.45, 2.75) is 37.1 Å². The Morgan fingerprint density at radius 2 is 2.10 bits per heavy atom. The number of halogens is 4. The van der Waals surface area contributed by atoms with Gasteiger partial charge in [-0.2, -0.15) is 0 Å². The Hall–Kier alpha value is -0.920. The highest BCUT2D eigenvalue weighted by Crippen LogP contribution is 2.29. The molecule has 8 heteroatoms. The van der Waals surface area contributed by atoms with Gasteiger partial charge < -0.3 is 11.1 Å². The van der Waals surface area contributed by atoms with Crippen LogP contribution in [-0.2, 0) is 4.79 Å². The molecule has 21 heavy (non-hydrogen) atoms. The molecule has 0 fully saturated rings. The molecule has 0 aliphatic heterocycles. The number of rotatable bonds is 7. The Bertz CT molecular complexity index is 461. The topological polar surface area (TPSA) is 55.1 Å². The molecule has 120 valence electrons. The minimum absolute atomic E-state index is 0. The van der Waals surface area contributed by atoms with Crippen molar-refractivity contribution in [2.75, 3.05) is 11.1 Å². The van der Waals surface area contributed by atoms with Gasteiger partial charge in [-0.3, -0.25) is 4.79 Å². The molecule has 1 aromatic carbocycles. The first-order chi connectivity index (χ1) is 9.38. The molecule has 1 amide bonds. The van der Waals surface area contributed by atoms with E-state index in [-0.39, 0.29) is 36.5 Å². The van der Waals surface area contributed by atoms with Crippen LogP contribution in [0.15, 0.2) is 23.1 Å². The second kappa shape index (κ2) is 9.92. The Labute approximate surface area is 132 Å². The summed E-state index contributed by atoms with van der Waals surface area (Å²) in [6.45, 7) is 1.78. The van der Waals surface area contributed by atoms with Gasteiger partial charge in [-0.15, -0.1) is 24.2 Å². The van der Waals surface area contributed by atoms with Crippen LogP contribution in [0.25, 0.3) is 0 Å². The summed E-state index contributed by atoms with van der Waals surface area (Å²) in [7, 11) is 0. The van der Waals surface area contributed by atoms with Gasteiger partial charge in [0.2, 0.25) is 12.3 Å². The number of nitrogens with two attached hydrogens (primary N) is 1. The van der Waals surface area contributed by atoms with Crippen LogP contribution in [0.4, 0.5) is 18.9 Å². The number of anilines is 1. The highest BCUT2D eigenvalue weighted by Gasteiger charge is 2.11. The number of carbonyl (C=O) groups excluding carboxylic acids is 1. The summed E-state index contributed by atoms with van der Waals surface area (Å²) < 4.78 is 37.6. The minimum atomic E-state index is -2.47. The lowest BCUT2D eigenvalue weighted by Crippen LogP contribution is -2.19. The molecule has 0 aromatic heterocycles. The number of benzene rings is 1. The molecule has 0 heterocycles. The maximum Gasteiger partial charge on any atom is 0.247 e. The molecule has 1 aromatic rings. The van der Waals surface area contributed by atoms with Crippen LogP contribution in [0.1, 0.15) is 19.8 Å². The lowest BCUT2D eigenvalue weighted by Gasteiger charge is -2.11. The Morgan fingerprint density at radius 3 is 2.67 bits per heavy atom. The van der Waals surface area contributed by atoms with E-state index in [4.69, 9.17) is 5.73 Å². The number of carbonyl (C=O) groups is 1. The first-order valence-corrected chi connectivity index (χ1v) is 7.13. The van der Waals surface area contributed by atoms with Crippen molar-refractivity contribution in [3.8, 4) is 0 Å². The molecule has 0 aliphatic carbocycles. The number of thioether (sulfide) groups is 1. The molecular formula is C13H18ClF3N2OS. The molecule has 1 unspecified atom stereocenters. The van der Waals surface area contributed by atoms with Gasteiger partial charge in [-0.1, -0.05) is 0 Å². The van der Waals surface area contributed by atoms with Crippen molar-refractivity contribution < 1.29 is 18.0 Å². The van der Waals surface area contributed by atoms with Gasteiger partial charge in [0.1, 0.15) is 5.82 Å². The van der Waals surface area contributed by atoms with Crippen molar-refractivity contribution >= 4 is 35.8 Å². The second-order valence-corrected chi connectivity index (χ2v) is 5.47. The van der Waals surface area contributed by atoms with Crippen molar-refractivity contribution in [1.82, 2.24) is 0 Å². The molecule has 0 radical (unpaired) electrons. The molecule has 0 bridgehead atoms. The third kappa shape index (κ3) is 8.18. The summed E-state index contributed by atoms with van der Waals surface area (Å²) in [5.41, 5.74) is 5.75. The number of amides is 1. The Kier molecular flexibility index (Phi) is 9.48. The Morgan fingerprint density at radius 1 is 1.43 bits per heavy atom. The van der Waals surface area contributed by atoms with Crippen LogP contribution in [0.3, 0.4) is 0 Å². The summed E-state index contributed by atoms with van der Waals surface area (Å²) in [5, 5.41) is 2.53. The smallest absolute Gasteiger partial charge is 0.247 e. The predicted molar refractivity (Wildman–Crippen MR) is 81.9 cm³/mol. The number of hydrogen-bond donors (Lipinski definition) is 2. The van der Waals surface area contributed by atoms with E-state index in [2.05, 4.69) is 5.32 Å². The third-order valence-electron chi connectivity index (χ3n) is 2.41. The molecule has 3 nitrogen and oxygen atoms in total. The number of hydrogen-bond acceptors (Lipinski definition) is 3. The van der Waals surface area contributed by atoms with E-state index in [9.17, 15) is 18.0 Å². The maximum atomic E-state index is 13.2. The summed E-state index contributed by atoms with van der Waals surface area (Å²) in [5.74, 6) is -1.25. The van der Waals surface area contributed by atoms with Crippen LogP contribution in [0, 0.1) is 5.82 Å². The van der Waals surface area contributed by atoms with Crippen LogP contribution in [-0.4, -0.2) is 24.1 Å². The Balaban J connectivity index is 0.00000400. The van der Waals surface area contributed by atoms with Gasteiger partial charge in [0.05, 0.1) is 11.4 Å².